The molecule has 0 unspecified atom stereocenters. The van der Waals surface area contributed by atoms with Gasteiger partial charge in [0.1, 0.15) is 5.82 Å². The third-order valence-electron chi connectivity index (χ3n) is 2.76. The lowest BCUT2D eigenvalue weighted by Gasteiger charge is -2.08. The van der Waals surface area contributed by atoms with E-state index in [1.165, 1.54) is 11.1 Å². The number of nitrogens with zero attached hydrogens (tertiary/aromatic N) is 1. The van der Waals surface area contributed by atoms with Crippen LogP contribution in [0, 0.1) is 18.6 Å². The Bertz CT molecular complexity index is 541. The van der Waals surface area contributed by atoms with Crippen LogP contribution in [0.5, 0.6) is 0 Å². The maximum atomic E-state index is 13.3. The van der Waals surface area contributed by atoms with Crippen molar-refractivity contribution in [3.05, 3.63) is 59.3 Å². The quantitative estimate of drug-likeness (QED) is 0.897. The number of halogens is 2. The van der Waals surface area contributed by atoms with Crippen LogP contribution in [0.3, 0.4) is 0 Å². The number of rotatable bonds is 4. The van der Waals surface area contributed by atoms with Gasteiger partial charge in [0.25, 0.3) is 0 Å². The topological polar surface area (TPSA) is 24.9 Å². The van der Waals surface area contributed by atoms with Crippen LogP contribution >= 0.6 is 0 Å². The minimum atomic E-state index is -0.669. The molecule has 0 radical (unpaired) electrons. The molecule has 0 spiro atoms. The first kappa shape index (κ1) is 12.5. The van der Waals surface area contributed by atoms with Crippen LogP contribution < -0.4 is 5.32 Å². The maximum Gasteiger partial charge on any atom is 0.168 e. The third-order valence-corrected chi connectivity index (χ3v) is 2.76. The van der Waals surface area contributed by atoms with Gasteiger partial charge in [0, 0.05) is 12.6 Å². The highest BCUT2D eigenvalue weighted by Crippen LogP contribution is 2.12. The van der Waals surface area contributed by atoms with E-state index in [1.807, 2.05) is 31.2 Å². The second-order valence-electron chi connectivity index (χ2n) is 4.09. The summed E-state index contributed by atoms with van der Waals surface area (Å²) in [5, 5.41) is 2.86. The summed E-state index contributed by atoms with van der Waals surface area (Å²) in [5.74, 6) is -1.25. The van der Waals surface area contributed by atoms with Crippen molar-refractivity contribution in [2.24, 2.45) is 0 Å². The van der Waals surface area contributed by atoms with E-state index in [0.717, 1.165) is 18.7 Å². The molecule has 1 N–H and O–H groups in total. The number of aryl methyl sites for hydroxylation is 1. The molecule has 0 aliphatic carbocycles. The smallest absolute Gasteiger partial charge is 0.168 e. The van der Waals surface area contributed by atoms with Crippen molar-refractivity contribution in [2.45, 2.75) is 13.3 Å². The molecule has 2 aromatic rings. The first-order valence-corrected chi connectivity index (χ1v) is 5.76. The molecule has 0 amide bonds. The molecular formula is C14H14F2N2. The molecule has 0 bridgehead atoms. The zero-order valence-electron chi connectivity index (χ0n) is 10.1. The second kappa shape index (κ2) is 5.58. The van der Waals surface area contributed by atoms with E-state index in [4.69, 9.17) is 0 Å². The molecule has 0 aliphatic rings. The maximum absolute atomic E-state index is 13.3. The highest BCUT2D eigenvalue weighted by molar-refractivity contribution is 5.36. The van der Waals surface area contributed by atoms with Gasteiger partial charge in [-0.3, -0.25) is 0 Å². The van der Waals surface area contributed by atoms with Crippen LogP contribution in [0.4, 0.5) is 14.6 Å². The number of hydrogen-bond donors (Lipinski definition) is 1. The Balaban J connectivity index is 1.95. The molecule has 2 rings (SSSR count). The summed E-state index contributed by atoms with van der Waals surface area (Å²) >= 11 is 0. The van der Waals surface area contributed by atoms with Crippen molar-refractivity contribution in [3.8, 4) is 0 Å². The Labute approximate surface area is 105 Å². The lowest BCUT2D eigenvalue weighted by Crippen LogP contribution is -2.08. The summed E-state index contributed by atoms with van der Waals surface area (Å²) in [6.45, 7) is 2.59. The predicted molar refractivity (Wildman–Crippen MR) is 67.5 cm³/mol. The SMILES string of the molecule is Cc1ccccc1CCNc1ncc(F)cc1F. The van der Waals surface area contributed by atoms with Gasteiger partial charge in [0.2, 0.25) is 0 Å². The summed E-state index contributed by atoms with van der Waals surface area (Å²) in [4.78, 5) is 3.67. The number of anilines is 1. The van der Waals surface area contributed by atoms with Crippen molar-refractivity contribution in [1.29, 1.82) is 0 Å². The molecule has 2 nitrogen and oxygen atoms in total. The molecule has 1 heterocycles. The number of nitrogens with one attached hydrogen (secondary N) is 1. The molecule has 0 fully saturated rings. The number of aromatic nitrogens is 1. The molecule has 1 aromatic carbocycles. The summed E-state index contributed by atoms with van der Waals surface area (Å²) in [6, 6.07) is 8.84. The van der Waals surface area contributed by atoms with Gasteiger partial charge < -0.3 is 5.32 Å². The van der Waals surface area contributed by atoms with E-state index in [9.17, 15) is 8.78 Å². The molecular weight excluding hydrogens is 234 g/mol. The normalized spacial score (nSPS) is 10.4. The van der Waals surface area contributed by atoms with Crippen molar-refractivity contribution in [1.82, 2.24) is 4.98 Å². The van der Waals surface area contributed by atoms with Crippen molar-refractivity contribution < 1.29 is 8.78 Å². The Hall–Kier alpha value is -1.97. The van der Waals surface area contributed by atoms with E-state index < -0.39 is 11.6 Å². The van der Waals surface area contributed by atoms with Gasteiger partial charge >= 0.3 is 0 Å². The summed E-state index contributed by atoms with van der Waals surface area (Å²) in [5.41, 5.74) is 2.40. The summed E-state index contributed by atoms with van der Waals surface area (Å²) < 4.78 is 25.9. The number of benzene rings is 1. The molecule has 4 heteroatoms. The molecule has 1 aromatic heterocycles. The Morgan fingerprint density at radius 3 is 2.72 bits per heavy atom. The van der Waals surface area contributed by atoms with Gasteiger partial charge in [0.05, 0.1) is 6.20 Å². The van der Waals surface area contributed by atoms with Gasteiger partial charge in [-0.05, 0) is 24.5 Å². The summed E-state index contributed by atoms with van der Waals surface area (Å²) in [7, 11) is 0. The van der Waals surface area contributed by atoms with Crippen molar-refractivity contribution in [2.75, 3.05) is 11.9 Å². The lowest BCUT2D eigenvalue weighted by atomic mass is 10.1. The highest BCUT2D eigenvalue weighted by Gasteiger charge is 2.04. The average molecular weight is 248 g/mol. The molecule has 0 aliphatic heterocycles. The molecule has 18 heavy (non-hydrogen) atoms. The average Bonchev–Trinajstić information content (AvgIpc) is 2.34. The van der Waals surface area contributed by atoms with Crippen LogP contribution in [0.25, 0.3) is 0 Å². The monoisotopic (exact) mass is 248 g/mol. The molecule has 0 saturated carbocycles. The molecule has 0 atom stereocenters. The lowest BCUT2D eigenvalue weighted by molar-refractivity contribution is 0.575. The predicted octanol–water partition coefficient (Wildman–Crippen LogP) is 3.32. The van der Waals surface area contributed by atoms with Gasteiger partial charge in [-0.1, -0.05) is 24.3 Å². The zero-order chi connectivity index (χ0) is 13.0. The van der Waals surface area contributed by atoms with E-state index in [-0.39, 0.29) is 5.82 Å². The van der Waals surface area contributed by atoms with Gasteiger partial charge in [-0.25, -0.2) is 13.8 Å². The zero-order valence-corrected chi connectivity index (χ0v) is 10.1. The Morgan fingerprint density at radius 2 is 2.00 bits per heavy atom. The van der Waals surface area contributed by atoms with Crippen LogP contribution in [0.2, 0.25) is 0 Å². The van der Waals surface area contributed by atoms with E-state index >= 15 is 0 Å². The van der Waals surface area contributed by atoms with Crippen molar-refractivity contribution >= 4 is 5.82 Å². The minimum Gasteiger partial charge on any atom is -0.367 e. The first-order valence-electron chi connectivity index (χ1n) is 5.76. The van der Waals surface area contributed by atoms with Crippen LogP contribution in [-0.4, -0.2) is 11.5 Å². The Morgan fingerprint density at radius 1 is 1.22 bits per heavy atom. The largest absolute Gasteiger partial charge is 0.367 e. The van der Waals surface area contributed by atoms with Crippen molar-refractivity contribution in [3.63, 3.8) is 0 Å². The van der Waals surface area contributed by atoms with E-state index in [1.54, 1.807) is 0 Å². The standard InChI is InChI=1S/C14H14F2N2/c1-10-4-2-3-5-11(10)6-7-17-14-13(16)8-12(15)9-18-14/h2-5,8-9H,6-7H2,1H3,(H,17,18). The minimum absolute atomic E-state index is 0.0879. The van der Waals surface area contributed by atoms with Crippen LogP contribution in [0.1, 0.15) is 11.1 Å². The fourth-order valence-corrected chi connectivity index (χ4v) is 1.75. The highest BCUT2D eigenvalue weighted by atomic mass is 19.1. The summed E-state index contributed by atoms with van der Waals surface area (Å²) in [6.07, 6.45) is 1.77. The molecule has 94 valence electrons. The Kier molecular flexibility index (Phi) is 3.87. The van der Waals surface area contributed by atoms with Gasteiger partial charge in [-0.15, -0.1) is 0 Å². The van der Waals surface area contributed by atoms with Gasteiger partial charge in [0.15, 0.2) is 11.6 Å². The van der Waals surface area contributed by atoms with E-state index in [0.29, 0.717) is 6.54 Å². The van der Waals surface area contributed by atoms with Gasteiger partial charge in [-0.2, -0.15) is 0 Å². The second-order valence-corrected chi connectivity index (χ2v) is 4.09. The van der Waals surface area contributed by atoms with Crippen LogP contribution in [0.15, 0.2) is 36.5 Å². The van der Waals surface area contributed by atoms with Crippen LogP contribution in [-0.2, 0) is 6.42 Å². The van der Waals surface area contributed by atoms with E-state index in [2.05, 4.69) is 10.3 Å². The fourth-order valence-electron chi connectivity index (χ4n) is 1.75. The molecule has 0 saturated heterocycles. The number of hydrogen-bond acceptors (Lipinski definition) is 2. The number of pyridine rings is 1. The first-order chi connectivity index (χ1) is 8.66. The fraction of sp³-hybridized carbons (Fsp3) is 0.214. The third kappa shape index (κ3) is 3.03.